The van der Waals surface area contributed by atoms with Crippen LogP contribution in [0.25, 0.3) is 16.7 Å². The number of nitrogens with zero attached hydrogens (tertiary/aromatic N) is 5. The first kappa shape index (κ1) is 13.1. The lowest BCUT2D eigenvalue weighted by Crippen LogP contribution is -2.11. The molecule has 0 aliphatic rings. The molecule has 0 saturated heterocycles. The fraction of sp³-hybridized carbons (Fsp3) is 0.214. The molecule has 5 nitrogen and oxygen atoms in total. The summed E-state index contributed by atoms with van der Waals surface area (Å²) in [4.78, 5) is 10.7. The van der Waals surface area contributed by atoms with Gasteiger partial charge >= 0.3 is 0 Å². The van der Waals surface area contributed by atoms with E-state index in [1.807, 2.05) is 54.9 Å². The van der Waals surface area contributed by atoms with Crippen molar-refractivity contribution >= 4 is 32.8 Å². The summed E-state index contributed by atoms with van der Waals surface area (Å²) in [6.07, 6.45) is 1.58. The second kappa shape index (κ2) is 4.86. The van der Waals surface area contributed by atoms with E-state index in [0.717, 1.165) is 32.7 Å². The minimum absolute atomic E-state index is 0.823. The molecule has 20 heavy (non-hydrogen) atoms. The zero-order chi connectivity index (χ0) is 14.3. The maximum atomic E-state index is 4.60. The number of hydrogen-bond donors (Lipinski definition) is 0. The van der Waals surface area contributed by atoms with Crippen LogP contribution in [0.3, 0.4) is 0 Å². The lowest BCUT2D eigenvalue weighted by atomic mass is 10.3. The first-order valence-corrected chi connectivity index (χ1v) is 7.01. The summed E-state index contributed by atoms with van der Waals surface area (Å²) in [6.45, 7) is 1.98. The van der Waals surface area contributed by atoms with Crippen LogP contribution in [0.2, 0.25) is 0 Å². The van der Waals surface area contributed by atoms with E-state index in [-0.39, 0.29) is 0 Å². The van der Waals surface area contributed by atoms with E-state index in [4.69, 9.17) is 0 Å². The van der Waals surface area contributed by atoms with Gasteiger partial charge in [0.2, 0.25) is 0 Å². The Balaban J connectivity index is 2.28. The number of rotatable bonds is 2. The highest BCUT2D eigenvalue weighted by Crippen LogP contribution is 2.26. The zero-order valence-corrected chi connectivity index (χ0v) is 13.1. The summed E-state index contributed by atoms with van der Waals surface area (Å²) >= 11 is 3.44. The lowest BCUT2D eigenvalue weighted by molar-refractivity contribution is 0.876. The Bertz CT molecular complexity index is 761. The normalized spacial score (nSPS) is 11.0. The van der Waals surface area contributed by atoms with Crippen LogP contribution in [0, 0.1) is 6.92 Å². The van der Waals surface area contributed by atoms with E-state index >= 15 is 0 Å². The van der Waals surface area contributed by atoms with Crippen LogP contribution in [-0.2, 0) is 0 Å². The SMILES string of the molecule is Cc1nn(-c2ccc(Br)cc2)c2ncnc(N(C)C)c12. The minimum atomic E-state index is 0.823. The molecule has 0 amide bonds. The zero-order valence-electron chi connectivity index (χ0n) is 11.5. The van der Waals surface area contributed by atoms with Gasteiger partial charge in [-0.25, -0.2) is 14.6 Å². The van der Waals surface area contributed by atoms with Crippen molar-refractivity contribution in [3.63, 3.8) is 0 Å². The average Bonchev–Trinajstić information content (AvgIpc) is 2.77. The fourth-order valence-corrected chi connectivity index (χ4v) is 2.46. The molecule has 0 atom stereocenters. The van der Waals surface area contributed by atoms with E-state index in [9.17, 15) is 0 Å². The monoisotopic (exact) mass is 331 g/mol. The summed E-state index contributed by atoms with van der Waals surface area (Å²) in [5.41, 5.74) is 2.73. The van der Waals surface area contributed by atoms with Gasteiger partial charge < -0.3 is 4.90 Å². The van der Waals surface area contributed by atoms with E-state index in [2.05, 4.69) is 31.0 Å². The van der Waals surface area contributed by atoms with Gasteiger partial charge in [0.15, 0.2) is 5.65 Å². The van der Waals surface area contributed by atoms with E-state index < -0.39 is 0 Å². The number of halogens is 1. The standard InChI is InChI=1S/C14H14BrN5/c1-9-12-13(19(2)3)16-8-17-14(12)20(18-9)11-6-4-10(15)5-7-11/h4-8H,1-3H3. The fourth-order valence-electron chi connectivity index (χ4n) is 2.20. The number of aromatic nitrogens is 4. The third-order valence-corrected chi connectivity index (χ3v) is 3.64. The Morgan fingerprint density at radius 3 is 2.45 bits per heavy atom. The van der Waals surface area contributed by atoms with Crippen LogP contribution in [0.4, 0.5) is 5.82 Å². The summed E-state index contributed by atoms with van der Waals surface area (Å²) in [6, 6.07) is 8.00. The van der Waals surface area contributed by atoms with E-state index in [1.54, 1.807) is 6.33 Å². The summed E-state index contributed by atoms with van der Waals surface area (Å²) < 4.78 is 2.89. The van der Waals surface area contributed by atoms with Gasteiger partial charge in [0.05, 0.1) is 16.8 Å². The Morgan fingerprint density at radius 2 is 1.80 bits per heavy atom. The Morgan fingerprint density at radius 1 is 1.10 bits per heavy atom. The Labute approximate surface area is 125 Å². The molecule has 0 saturated carbocycles. The van der Waals surface area contributed by atoms with Gasteiger partial charge in [-0.1, -0.05) is 15.9 Å². The van der Waals surface area contributed by atoms with Crippen LogP contribution >= 0.6 is 15.9 Å². The number of hydrogen-bond acceptors (Lipinski definition) is 4. The molecule has 0 fully saturated rings. The molecule has 102 valence electrons. The molecule has 0 aliphatic heterocycles. The molecule has 0 spiro atoms. The molecular weight excluding hydrogens is 318 g/mol. The molecule has 0 radical (unpaired) electrons. The predicted molar refractivity (Wildman–Crippen MR) is 83.4 cm³/mol. The van der Waals surface area contributed by atoms with Crippen molar-refractivity contribution in [3.05, 3.63) is 40.8 Å². The van der Waals surface area contributed by atoms with Crippen LogP contribution in [0.1, 0.15) is 5.69 Å². The largest absolute Gasteiger partial charge is 0.362 e. The second-order valence-corrected chi connectivity index (χ2v) is 5.68. The van der Waals surface area contributed by atoms with Crippen LogP contribution in [0.5, 0.6) is 0 Å². The average molecular weight is 332 g/mol. The highest BCUT2D eigenvalue weighted by Gasteiger charge is 2.15. The van der Waals surface area contributed by atoms with Gasteiger partial charge in [-0.3, -0.25) is 0 Å². The first-order chi connectivity index (χ1) is 9.58. The summed E-state index contributed by atoms with van der Waals surface area (Å²) in [5.74, 6) is 0.885. The first-order valence-electron chi connectivity index (χ1n) is 6.21. The van der Waals surface area contributed by atoms with Gasteiger partial charge in [0, 0.05) is 18.6 Å². The van der Waals surface area contributed by atoms with Crippen molar-refractivity contribution < 1.29 is 0 Å². The molecule has 2 heterocycles. The van der Waals surface area contributed by atoms with Gasteiger partial charge in [-0.05, 0) is 31.2 Å². The van der Waals surface area contributed by atoms with Crippen molar-refractivity contribution in [2.45, 2.75) is 6.92 Å². The molecule has 0 unspecified atom stereocenters. The summed E-state index contributed by atoms with van der Waals surface area (Å²) in [5, 5.41) is 5.59. The van der Waals surface area contributed by atoms with E-state index in [0.29, 0.717) is 0 Å². The Hall–Kier alpha value is -1.95. The van der Waals surface area contributed by atoms with Gasteiger partial charge in [-0.2, -0.15) is 5.10 Å². The van der Waals surface area contributed by atoms with E-state index in [1.165, 1.54) is 0 Å². The molecule has 2 aromatic heterocycles. The van der Waals surface area contributed by atoms with Gasteiger partial charge in [0.1, 0.15) is 12.1 Å². The van der Waals surface area contributed by atoms with Crippen molar-refractivity contribution in [2.24, 2.45) is 0 Å². The molecule has 0 aliphatic carbocycles. The maximum absolute atomic E-state index is 4.60. The predicted octanol–water partition coefficient (Wildman–Crippen LogP) is 2.95. The number of aryl methyl sites for hydroxylation is 1. The highest BCUT2D eigenvalue weighted by atomic mass is 79.9. The number of fused-ring (bicyclic) bond motifs is 1. The third-order valence-electron chi connectivity index (χ3n) is 3.11. The highest BCUT2D eigenvalue weighted by molar-refractivity contribution is 9.10. The molecule has 1 aromatic carbocycles. The van der Waals surface area contributed by atoms with Gasteiger partial charge in [0.25, 0.3) is 0 Å². The van der Waals surface area contributed by atoms with Crippen LogP contribution in [0.15, 0.2) is 35.1 Å². The van der Waals surface area contributed by atoms with Crippen molar-refractivity contribution in [2.75, 3.05) is 19.0 Å². The minimum Gasteiger partial charge on any atom is -0.362 e. The maximum Gasteiger partial charge on any atom is 0.168 e. The topological polar surface area (TPSA) is 46.8 Å². The molecule has 3 aromatic rings. The molecular formula is C14H14BrN5. The van der Waals surface area contributed by atoms with Crippen LogP contribution in [-0.4, -0.2) is 33.8 Å². The van der Waals surface area contributed by atoms with Crippen molar-refractivity contribution in [1.29, 1.82) is 0 Å². The Kier molecular flexibility index (Phi) is 3.17. The quantitative estimate of drug-likeness (QED) is 0.724. The second-order valence-electron chi connectivity index (χ2n) is 4.76. The third kappa shape index (κ3) is 2.06. The lowest BCUT2D eigenvalue weighted by Gasteiger charge is -2.11. The smallest absolute Gasteiger partial charge is 0.168 e. The number of benzene rings is 1. The molecule has 0 N–H and O–H groups in total. The van der Waals surface area contributed by atoms with Crippen LogP contribution < -0.4 is 4.90 Å². The molecule has 3 rings (SSSR count). The van der Waals surface area contributed by atoms with Crippen molar-refractivity contribution in [3.8, 4) is 5.69 Å². The number of anilines is 1. The van der Waals surface area contributed by atoms with Crippen molar-refractivity contribution in [1.82, 2.24) is 19.7 Å². The van der Waals surface area contributed by atoms with Gasteiger partial charge in [-0.15, -0.1) is 0 Å². The molecule has 6 heteroatoms. The summed E-state index contributed by atoms with van der Waals surface area (Å²) in [7, 11) is 3.94. The molecule has 0 bridgehead atoms.